The molecule has 0 bridgehead atoms. The van der Waals surface area contributed by atoms with Crippen LogP contribution < -0.4 is 10.1 Å². The van der Waals surface area contributed by atoms with Gasteiger partial charge in [0.1, 0.15) is 12.4 Å². The van der Waals surface area contributed by atoms with Gasteiger partial charge in [0.2, 0.25) is 0 Å². The van der Waals surface area contributed by atoms with E-state index < -0.39 is 18.7 Å². The standard InChI is InChI=1S/C23H18BrNO5/c24-14-9-15(11-16(10-14)29-13-22(26)27)25-23(28)30-12-21-19-7-3-1-5-17(19)18-6-2-4-8-20(18)21/h1-11,21H,12-13H2,(H,25,28)(H,26,27). The van der Waals surface area contributed by atoms with Crippen LogP contribution in [0.1, 0.15) is 17.0 Å². The van der Waals surface area contributed by atoms with Crippen molar-refractivity contribution >= 4 is 33.7 Å². The molecule has 2 N–H and O–H groups in total. The van der Waals surface area contributed by atoms with Crippen molar-refractivity contribution in [3.63, 3.8) is 0 Å². The number of halogens is 1. The van der Waals surface area contributed by atoms with Crippen molar-refractivity contribution in [3.8, 4) is 16.9 Å². The summed E-state index contributed by atoms with van der Waals surface area (Å²) in [6.07, 6.45) is -0.598. The number of rotatable bonds is 6. The highest BCUT2D eigenvalue weighted by Gasteiger charge is 2.29. The van der Waals surface area contributed by atoms with Gasteiger partial charge >= 0.3 is 12.1 Å². The average Bonchev–Trinajstić information content (AvgIpc) is 3.04. The number of hydrogen-bond donors (Lipinski definition) is 2. The number of ether oxygens (including phenoxy) is 2. The SMILES string of the molecule is O=C(O)COc1cc(Br)cc(NC(=O)OCC2c3ccccc3-c3ccccc32)c1. The molecular formula is C23H18BrNO5. The Bertz CT molecular complexity index is 1070. The molecule has 3 aromatic carbocycles. The lowest BCUT2D eigenvalue weighted by atomic mass is 9.98. The largest absolute Gasteiger partial charge is 0.482 e. The normalized spacial score (nSPS) is 12.0. The number of benzene rings is 3. The van der Waals surface area contributed by atoms with Crippen LogP contribution in [0.5, 0.6) is 5.75 Å². The fourth-order valence-electron chi connectivity index (χ4n) is 3.62. The first kappa shape index (κ1) is 20.0. The molecule has 4 rings (SSSR count). The number of carbonyl (C=O) groups is 2. The lowest BCUT2D eigenvalue weighted by molar-refractivity contribution is -0.139. The quantitative estimate of drug-likeness (QED) is 0.515. The van der Waals surface area contributed by atoms with Gasteiger partial charge in [-0.1, -0.05) is 64.5 Å². The number of carbonyl (C=O) groups excluding carboxylic acids is 1. The van der Waals surface area contributed by atoms with E-state index in [9.17, 15) is 9.59 Å². The number of anilines is 1. The van der Waals surface area contributed by atoms with Gasteiger partial charge in [0.25, 0.3) is 0 Å². The van der Waals surface area contributed by atoms with Crippen LogP contribution in [0.3, 0.4) is 0 Å². The number of carboxylic acids is 1. The third kappa shape index (κ3) is 4.31. The predicted octanol–water partition coefficient (Wildman–Crippen LogP) is 5.27. The molecule has 0 radical (unpaired) electrons. The first-order valence-electron chi connectivity index (χ1n) is 9.28. The maximum atomic E-state index is 12.4. The van der Waals surface area contributed by atoms with Crippen LogP contribution in [0.25, 0.3) is 11.1 Å². The van der Waals surface area contributed by atoms with Crippen molar-refractivity contribution < 1.29 is 24.2 Å². The predicted molar refractivity (Wildman–Crippen MR) is 116 cm³/mol. The van der Waals surface area contributed by atoms with Crippen molar-refractivity contribution in [2.45, 2.75) is 5.92 Å². The van der Waals surface area contributed by atoms with E-state index in [0.717, 1.165) is 22.3 Å². The molecule has 0 saturated heterocycles. The molecule has 0 aromatic heterocycles. The molecule has 1 amide bonds. The van der Waals surface area contributed by atoms with E-state index in [-0.39, 0.29) is 12.5 Å². The van der Waals surface area contributed by atoms with Crippen LogP contribution in [0, 0.1) is 0 Å². The number of amides is 1. The Balaban J connectivity index is 1.44. The molecule has 3 aromatic rings. The molecule has 1 aliphatic carbocycles. The molecule has 0 fully saturated rings. The zero-order chi connectivity index (χ0) is 21.1. The first-order valence-corrected chi connectivity index (χ1v) is 10.1. The number of hydrogen-bond acceptors (Lipinski definition) is 4. The molecule has 0 spiro atoms. The maximum Gasteiger partial charge on any atom is 0.411 e. The summed E-state index contributed by atoms with van der Waals surface area (Å²) in [6.45, 7) is -0.267. The Labute approximate surface area is 181 Å². The Kier molecular flexibility index (Phi) is 5.72. The van der Waals surface area contributed by atoms with Gasteiger partial charge in [0.05, 0.1) is 0 Å². The van der Waals surface area contributed by atoms with Crippen LogP contribution in [-0.4, -0.2) is 30.4 Å². The van der Waals surface area contributed by atoms with E-state index in [1.807, 2.05) is 24.3 Å². The van der Waals surface area contributed by atoms with Crippen LogP contribution in [0.2, 0.25) is 0 Å². The van der Waals surface area contributed by atoms with E-state index in [0.29, 0.717) is 15.9 Å². The van der Waals surface area contributed by atoms with E-state index >= 15 is 0 Å². The summed E-state index contributed by atoms with van der Waals surface area (Å²) in [4.78, 5) is 23.1. The topological polar surface area (TPSA) is 84.9 Å². The summed E-state index contributed by atoms with van der Waals surface area (Å²) in [5.74, 6) is -0.790. The van der Waals surface area contributed by atoms with Crippen LogP contribution in [0.4, 0.5) is 10.5 Å². The lowest BCUT2D eigenvalue weighted by Crippen LogP contribution is -2.18. The van der Waals surface area contributed by atoms with Gasteiger partial charge in [0.15, 0.2) is 6.61 Å². The summed E-state index contributed by atoms with van der Waals surface area (Å²) in [7, 11) is 0. The molecule has 7 heteroatoms. The van der Waals surface area contributed by atoms with Gasteiger partial charge < -0.3 is 14.6 Å². The number of nitrogens with one attached hydrogen (secondary N) is 1. The minimum Gasteiger partial charge on any atom is -0.482 e. The van der Waals surface area contributed by atoms with E-state index in [1.54, 1.807) is 12.1 Å². The molecule has 0 atom stereocenters. The highest BCUT2D eigenvalue weighted by Crippen LogP contribution is 2.44. The van der Waals surface area contributed by atoms with E-state index in [4.69, 9.17) is 14.6 Å². The third-order valence-electron chi connectivity index (χ3n) is 4.82. The van der Waals surface area contributed by atoms with Gasteiger partial charge in [-0.2, -0.15) is 0 Å². The highest BCUT2D eigenvalue weighted by atomic mass is 79.9. The zero-order valence-electron chi connectivity index (χ0n) is 15.8. The van der Waals surface area contributed by atoms with Gasteiger partial charge in [-0.3, -0.25) is 5.32 Å². The molecule has 6 nitrogen and oxygen atoms in total. The number of aliphatic carboxylic acids is 1. The maximum absolute atomic E-state index is 12.4. The second-order valence-corrected chi connectivity index (χ2v) is 7.72. The second kappa shape index (κ2) is 8.59. The van der Waals surface area contributed by atoms with Crippen molar-refractivity contribution in [1.82, 2.24) is 0 Å². The highest BCUT2D eigenvalue weighted by molar-refractivity contribution is 9.10. The van der Waals surface area contributed by atoms with Crippen LogP contribution in [0.15, 0.2) is 71.2 Å². The summed E-state index contributed by atoms with van der Waals surface area (Å²) >= 11 is 3.32. The summed E-state index contributed by atoms with van der Waals surface area (Å²) in [6, 6.07) is 21.1. The van der Waals surface area contributed by atoms with Crippen molar-refractivity contribution in [2.24, 2.45) is 0 Å². The Morgan fingerprint density at radius 1 is 0.967 bits per heavy atom. The van der Waals surface area contributed by atoms with Gasteiger partial charge in [-0.25, -0.2) is 9.59 Å². The Hall–Kier alpha value is -3.32. The fraction of sp³-hybridized carbons (Fsp3) is 0.130. The van der Waals surface area contributed by atoms with Gasteiger partial charge in [0, 0.05) is 22.1 Å². The number of carboxylic acid groups (broad SMARTS) is 1. The van der Waals surface area contributed by atoms with Crippen molar-refractivity contribution in [3.05, 3.63) is 82.3 Å². The van der Waals surface area contributed by atoms with Gasteiger partial charge in [-0.05, 0) is 34.4 Å². The third-order valence-corrected chi connectivity index (χ3v) is 5.28. The summed E-state index contributed by atoms with van der Waals surface area (Å²) in [5, 5.41) is 11.4. The molecule has 152 valence electrons. The average molecular weight is 468 g/mol. The summed E-state index contributed by atoms with van der Waals surface area (Å²) in [5.41, 5.74) is 5.03. The lowest BCUT2D eigenvalue weighted by Gasteiger charge is -2.15. The Morgan fingerprint density at radius 2 is 1.60 bits per heavy atom. The van der Waals surface area contributed by atoms with Gasteiger partial charge in [-0.15, -0.1) is 0 Å². The summed E-state index contributed by atoms with van der Waals surface area (Å²) < 4.78 is 11.3. The Morgan fingerprint density at radius 3 is 2.23 bits per heavy atom. The van der Waals surface area contributed by atoms with Crippen molar-refractivity contribution in [2.75, 3.05) is 18.5 Å². The van der Waals surface area contributed by atoms with Crippen LogP contribution >= 0.6 is 15.9 Å². The molecule has 0 aliphatic heterocycles. The zero-order valence-corrected chi connectivity index (χ0v) is 17.4. The minimum absolute atomic E-state index is 0.0277. The minimum atomic E-state index is -1.08. The van der Waals surface area contributed by atoms with Crippen molar-refractivity contribution in [1.29, 1.82) is 0 Å². The monoisotopic (exact) mass is 467 g/mol. The van der Waals surface area contributed by atoms with Crippen LogP contribution in [-0.2, 0) is 9.53 Å². The van der Waals surface area contributed by atoms with E-state index in [1.165, 1.54) is 6.07 Å². The molecular weight excluding hydrogens is 450 g/mol. The first-order chi connectivity index (χ1) is 14.5. The molecule has 1 aliphatic rings. The molecule has 30 heavy (non-hydrogen) atoms. The number of fused-ring (bicyclic) bond motifs is 3. The fourth-order valence-corrected chi connectivity index (χ4v) is 4.09. The molecule has 0 heterocycles. The molecule has 0 saturated carbocycles. The smallest absolute Gasteiger partial charge is 0.411 e. The molecule has 0 unspecified atom stereocenters. The van der Waals surface area contributed by atoms with E-state index in [2.05, 4.69) is 45.5 Å². The second-order valence-electron chi connectivity index (χ2n) is 6.81.